The second-order valence-corrected chi connectivity index (χ2v) is 8.68. The van der Waals surface area contributed by atoms with Gasteiger partial charge in [0.2, 0.25) is 0 Å². The van der Waals surface area contributed by atoms with Crippen molar-refractivity contribution in [2.45, 2.75) is 51.4 Å². The first-order chi connectivity index (χ1) is 10.0. The number of aromatic hydroxyl groups is 1. The number of hydrogen-bond donors (Lipinski definition) is 1. The lowest BCUT2D eigenvalue weighted by Crippen LogP contribution is -2.42. The van der Waals surface area contributed by atoms with E-state index >= 15 is 0 Å². The summed E-state index contributed by atoms with van der Waals surface area (Å²) in [6, 6.07) is 4.15. The van der Waals surface area contributed by atoms with Crippen LogP contribution in [0.4, 0.5) is 0 Å². The minimum Gasteiger partial charge on any atom is -0.507 e. The third-order valence-electron chi connectivity index (χ3n) is 6.50. The highest BCUT2D eigenvalue weighted by molar-refractivity contribution is 9.10. The highest BCUT2D eigenvalue weighted by Crippen LogP contribution is 2.60. The molecule has 3 aliphatic rings. The van der Waals surface area contributed by atoms with Gasteiger partial charge in [0, 0.05) is 5.41 Å². The van der Waals surface area contributed by atoms with Crippen LogP contribution >= 0.6 is 28.1 Å². The zero-order valence-electron chi connectivity index (χ0n) is 12.4. The number of hydrogen-bond acceptors (Lipinski definition) is 2. The van der Waals surface area contributed by atoms with Crippen LogP contribution in [0, 0.1) is 17.3 Å². The van der Waals surface area contributed by atoms with E-state index in [2.05, 4.69) is 28.9 Å². The van der Waals surface area contributed by atoms with Crippen molar-refractivity contribution in [1.29, 1.82) is 0 Å². The third-order valence-corrected chi connectivity index (χ3v) is 7.81. The highest BCUT2D eigenvalue weighted by atomic mass is 79.9. The molecule has 0 aromatic heterocycles. The second kappa shape index (κ2) is 4.79. The van der Waals surface area contributed by atoms with Gasteiger partial charge in [-0.3, -0.25) is 0 Å². The first-order valence-electron chi connectivity index (χ1n) is 8.05. The van der Waals surface area contributed by atoms with Crippen LogP contribution in [-0.2, 0) is 6.42 Å². The Morgan fingerprint density at radius 2 is 2.05 bits per heavy atom. The van der Waals surface area contributed by atoms with E-state index in [0.717, 1.165) is 29.2 Å². The Kier molecular flexibility index (Phi) is 3.24. The summed E-state index contributed by atoms with van der Waals surface area (Å²) in [4.78, 5) is 1.34. The molecule has 1 aromatic rings. The van der Waals surface area contributed by atoms with Gasteiger partial charge >= 0.3 is 0 Å². The summed E-state index contributed by atoms with van der Waals surface area (Å²) in [5.74, 6) is 2.62. The molecule has 3 heteroatoms. The summed E-state index contributed by atoms with van der Waals surface area (Å²) < 4.78 is 0.845. The summed E-state index contributed by atoms with van der Waals surface area (Å²) in [7, 11) is 0. The third kappa shape index (κ3) is 1.96. The van der Waals surface area contributed by atoms with Crippen molar-refractivity contribution in [3.8, 4) is 5.75 Å². The fourth-order valence-electron chi connectivity index (χ4n) is 5.35. The number of aryl methyl sites for hydroxylation is 1. The standard InChI is InChI=1S/C18H21BrOS/c1-18-7-6-11-12(14(18)4-5-17(18)21)3-2-10-8-16(20)15(19)9-13(10)11/h8-9,11-12,14,20H,2-7H2,1H3/t11-,12+,14-,18-/m0/s1. The van der Waals surface area contributed by atoms with E-state index in [1.807, 2.05) is 6.07 Å². The normalized spacial score (nSPS) is 37.8. The van der Waals surface area contributed by atoms with E-state index in [1.54, 1.807) is 0 Å². The predicted molar refractivity (Wildman–Crippen MR) is 93.0 cm³/mol. The minimum absolute atomic E-state index is 0.322. The smallest absolute Gasteiger partial charge is 0.130 e. The minimum atomic E-state index is 0.322. The Balaban J connectivity index is 1.75. The molecule has 0 radical (unpaired) electrons. The quantitative estimate of drug-likeness (QED) is 0.623. The van der Waals surface area contributed by atoms with Gasteiger partial charge in [-0.05, 0) is 100 Å². The summed E-state index contributed by atoms with van der Waals surface area (Å²) in [5.41, 5.74) is 3.17. The Morgan fingerprint density at radius 3 is 2.86 bits per heavy atom. The fraction of sp³-hybridized carbons (Fsp3) is 0.611. The van der Waals surface area contributed by atoms with Crippen molar-refractivity contribution in [2.24, 2.45) is 17.3 Å². The lowest BCUT2D eigenvalue weighted by Gasteiger charge is -2.49. The van der Waals surface area contributed by atoms with Crippen LogP contribution in [0.5, 0.6) is 5.75 Å². The lowest BCUT2D eigenvalue weighted by atomic mass is 9.56. The first kappa shape index (κ1) is 14.2. The molecule has 112 valence electrons. The van der Waals surface area contributed by atoms with Crippen LogP contribution in [-0.4, -0.2) is 9.97 Å². The molecule has 4 atom stereocenters. The van der Waals surface area contributed by atoms with Crippen molar-refractivity contribution >= 4 is 33.0 Å². The summed E-state index contributed by atoms with van der Waals surface area (Å²) in [5, 5.41) is 9.93. The second-order valence-electron chi connectivity index (χ2n) is 7.34. The van der Waals surface area contributed by atoms with Gasteiger partial charge in [-0.15, -0.1) is 0 Å². The average Bonchev–Trinajstić information content (AvgIpc) is 2.76. The summed E-state index contributed by atoms with van der Waals surface area (Å²) in [6.07, 6.45) is 7.33. The number of thiocarbonyl (C=S) groups is 1. The molecular formula is C18H21BrOS. The molecule has 2 fully saturated rings. The fourth-order valence-corrected chi connectivity index (χ4v) is 6.08. The van der Waals surface area contributed by atoms with Gasteiger partial charge in [0.15, 0.2) is 0 Å². The molecule has 1 aromatic carbocycles. The number of fused-ring (bicyclic) bond motifs is 5. The SMILES string of the molecule is C[C@]12CC[C@@H]3c4cc(Br)c(O)cc4CC[C@H]3[C@@H]1CCC2=S. The largest absolute Gasteiger partial charge is 0.507 e. The number of phenolic OH excluding ortho intramolecular Hbond substituents is 1. The Hall–Kier alpha value is -0.410. The van der Waals surface area contributed by atoms with Gasteiger partial charge in [0.1, 0.15) is 5.75 Å². The van der Waals surface area contributed by atoms with E-state index < -0.39 is 0 Å². The van der Waals surface area contributed by atoms with Gasteiger partial charge in [-0.2, -0.15) is 0 Å². The Labute approximate surface area is 140 Å². The number of benzene rings is 1. The molecule has 0 unspecified atom stereocenters. The number of halogens is 1. The molecule has 21 heavy (non-hydrogen) atoms. The molecule has 1 N–H and O–H groups in total. The molecule has 0 bridgehead atoms. The maximum Gasteiger partial charge on any atom is 0.130 e. The Bertz CT molecular complexity index is 626. The van der Waals surface area contributed by atoms with Crippen molar-refractivity contribution in [3.63, 3.8) is 0 Å². The van der Waals surface area contributed by atoms with Gasteiger partial charge in [-0.25, -0.2) is 0 Å². The van der Waals surface area contributed by atoms with E-state index in [9.17, 15) is 5.11 Å². The van der Waals surface area contributed by atoms with E-state index in [1.165, 1.54) is 41.7 Å². The van der Waals surface area contributed by atoms with Gasteiger partial charge in [0.25, 0.3) is 0 Å². The molecule has 0 aliphatic heterocycles. The Morgan fingerprint density at radius 1 is 1.24 bits per heavy atom. The molecule has 3 aliphatic carbocycles. The van der Waals surface area contributed by atoms with Crippen LogP contribution in [0.15, 0.2) is 16.6 Å². The van der Waals surface area contributed by atoms with Gasteiger partial charge in [-0.1, -0.05) is 19.1 Å². The zero-order valence-corrected chi connectivity index (χ0v) is 14.8. The van der Waals surface area contributed by atoms with Crippen LogP contribution in [0.25, 0.3) is 0 Å². The van der Waals surface area contributed by atoms with Crippen molar-refractivity contribution < 1.29 is 5.11 Å². The molecule has 4 rings (SSSR count). The summed E-state index contributed by atoms with van der Waals surface area (Å²) in [6.45, 7) is 2.42. The maximum absolute atomic E-state index is 9.93. The molecular weight excluding hydrogens is 344 g/mol. The lowest BCUT2D eigenvalue weighted by molar-refractivity contribution is 0.0966. The number of rotatable bonds is 0. The van der Waals surface area contributed by atoms with Crippen molar-refractivity contribution in [2.75, 3.05) is 0 Å². The number of phenols is 1. The highest BCUT2D eigenvalue weighted by Gasteiger charge is 2.52. The molecule has 0 spiro atoms. The van der Waals surface area contributed by atoms with Crippen LogP contribution in [0.1, 0.15) is 56.1 Å². The van der Waals surface area contributed by atoms with Gasteiger partial charge < -0.3 is 5.11 Å². The molecule has 1 nitrogen and oxygen atoms in total. The zero-order chi connectivity index (χ0) is 14.8. The molecule has 0 heterocycles. The molecule has 0 saturated heterocycles. The van der Waals surface area contributed by atoms with Crippen molar-refractivity contribution in [3.05, 3.63) is 27.7 Å². The molecule has 0 amide bonds. The first-order valence-corrected chi connectivity index (χ1v) is 9.25. The molecule has 2 saturated carbocycles. The van der Waals surface area contributed by atoms with E-state index in [4.69, 9.17) is 12.2 Å². The topological polar surface area (TPSA) is 20.2 Å². The van der Waals surface area contributed by atoms with Crippen molar-refractivity contribution in [1.82, 2.24) is 0 Å². The summed E-state index contributed by atoms with van der Waals surface area (Å²) >= 11 is 9.20. The van der Waals surface area contributed by atoms with Crippen LogP contribution in [0.2, 0.25) is 0 Å². The maximum atomic E-state index is 9.93. The van der Waals surface area contributed by atoms with E-state index in [0.29, 0.717) is 17.1 Å². The van der Waals surface area contributed by atoms with Crippen LogP contribution in [0.3, 0.4) is 0 Å². The average molecular weight is 365 g/mol. The van der Waals surface area contributed by atoms with Crippen LogP contribution < -0.4 is 0 Å². The van der Waals surface area contributed by atoms with Gasteiger partial charge in [0.05, 0.1) is 4.47 Å². The monoisotopic (exact) mass is 364 g/mol. The predicted octanol–water partition coefficient (Wildman–Crippen LogP) is 5.38. The van der Waals surface area contributed by atoms with E-state index in [-0.39, 0.29) is 0 Å².